The summed E-state index contributed by atoms with van der Waals surface area (Å²) in [5.41, 5.74) is 1.56. The van der Waals surface area contributed by atoms with Crippen LogP contribution in [0.2, 0.25) is 0 Å². The second kappa shape index (κ2) is 7.52. The number of halogens is 1. The van der Waals surface area contributed by atoms with E-state index in [0.717, 1.165) is 18.9 Å². The van der Waals surface area contributed by atoms with Crippen molar-refractivity contribution in [1.29, 1.82) is 0 Å². The predicted molar refractivity (Wildman–Crippen MR) is 105 cm³/mol. The lowest BCUT2D eigenvalue weighted by Crippen LogP contribution is -2.27. The van der Waals surface area contributed by atoms with Gasteiger partial charge in [-0.2, -0.15) is 0 Å². The number of hydrogen-bond donors (Lipinski definition) is 1. The summed E-state index contributed by atoms with van der Waals surface area (Å²) in [6, 6.07) is 11.0. The van der Waals surface area contributed by atoms with E-state index in [9.17, 15) is 14.0 Å². The zero-order chi connectivity index (χ0) is 19.7. The van der Waals surface area contributed by atoms with Crippen molar-refractivity contribution in [3.8, 4) is 0 Å². The third kappa shape index (κ3) is 3.66. The summed E-state index contributed by atoms with van der Waals surface area (Å²) in [7, 11) is 2.03. The number of fused-ring (bicyclic) bond motifs is 2. The number of carbonyl (C=O) groups excluding carboxylic acids is 1. The Hall–Kier alpha value is -3.06. The predicted octanol–water partition coefficient (Wildman–Crippen LogP) is 1.95. The van der Waals surface area contributed by atoms with Gasteiger partial charge < -0.3 is 10.2 Å². The molecule has 0 atom stereocenters. The maximum atomic E-state index is 13.3. The number of rotatable bonds is 3. The van der Waals surface area contributed by atoms with Crippen LogP contribution < -0.4 is 10.9 Å². The fourth-order valence-corrected chi connectivity index (χ4v) is 3.43. The molecule has 1 amide bonds. The smallest absolute Gasteiger partial charge is 0.261 e. The molecule has 3 aromatic rings. The lowest BCUT2D eigenvalue weighted by atomic mass is 10.1. The van der Waals surface area contributed by atoms with Crippen LogP contribution in [0.3, 0.4) is 0 Å². The highest BCUT2D eigenvalue weighted by molar-refractivity contribution is 5.97. The molecular weight excluding hydrogens is 359 g/mol. The summed E-state index contributed by atoms with van der Waals surface area (Å²) >= 11 is 0. The summed E-state index contributed by atoms with van der Waals surface area (Å²) in [5.74, 6) is 0.121. The van der Waals surface area contributed by atoms with Gasteiger partial charge in [0, 0.05) is 38.2 Å². The van der Waals surface area contributed by atoms with E-state index in [1.807, 2.05) is 7.05 Å². The third-order valence-corrected chi connectivity index (χ3v) is 5.06. The van der Waals surface area contributed by atoms with Gasteiger partial charge >= 0.3 is 0 Å². The summed E-state index contributed by atoms with van der Waals surface area (Å²) in [6.45, 7) is 2.48. The van der Waals surface area contributed by atoms with Crippen molar-refractivity contribution in [2.24, 2.45) is 0 Å². The van der Waals surface area contributed by atoms with E-state index >= 15 is 0 Å². The molecule has 2 heterocycles. The fourth-order valence-electron chi connectivity index (χ4n) is 3.43. The maximum Gasteiger partial charge on any atom is 0.261 e. The topological polar surface area (TPSA) is 67.2 Å². The summed E-state index contributed by atoms with van der Waals surface area (Å²) in [6.07, 6.45) is 0.692. The lowest BCUT2D eigenvalue weighted by molar-refractivity contribution is 0.0951. The van der Waals surface area contributed by atoms with Crippen LogP contribution in [0.5, 0.6) is 0 Å². The van der Waals surface area contributed by atoms with Gasteiger partial charge in [0.05, 0.1) is 10.9 Å². The molecule has 144 valence electrons. The second-order valence-electron chi connectivity index (χ2n) is 7.08. The van der Waals surface area contributed by atoms with Gasteiger partial charge in [-0.1, -0.05) is 12.1 Å². The van der Waals surface area contributed by atoms with Crippen LogP contribution in [0.25, 0.3) is 10.9 Å². The number of amides is 1. The van der Waals surface area contributed by atoms with E-state index in [1.165, 1.54) is 12.1 Å². The third-order valence-electron chi connectivity index (χ3n) is 5.06. The largest absolute Gasteiger partial charge is 0.348 e. The van der Waals surface area contributed by atoms with Crippen molar-refractivity contribution in [3.63, 3.8) is 0 Å². The van der Waals surface area contributed by atoms with Crippen molar-refractivity contribution in [1.82, 2.24) is 19.8 Å². The maximum absolute atomic E-state index is 13.3. The van der Waals surface area contributed by atoms with E-state index in [4.69, 9.17) is 0 Å². The van der Waals surface area contributed by atoms with Crippen molar-refractivity contribution in [2.45, 2.75) is 19.5 Å². The first kappa shape index (κ1) is 18.3. The fraction of sp³-hybridized carbons (Fsp3) is 0.286. The van der Waals surface area contributed by atoms with Crippen LogP contribution in [0.1, 0.15) is 21.7 Å². The monoisotopic (exact) mass is 380 g/mol. The highest BCUT2D eigenvalue weighted by Crippen LogP contribution is 2.14. The lowest BCUT2D eigenvalue weighted by Gasteiger charge is -2.11. The van der Waals surface area contributed by atoms with E-state index in [1.54, 1.807) is 34.9 Å². The van der Waals surface area contributed by atoms with Gasteiger partial charge in [0.1, 0.15) is 11.6 Å². The Morgan fingerprint density at radius 3 is 2.86 bits per heavy atom. The molecule has 0 fully saturated rings. The Balaban J connectivity index is 1.60. The van der Waals surface area contributed by atoms with Crippen molar-refractivity contribution >= 4 is 16.8 Å². The molecule has 4 rings (SSSR count). The Bertz CT molecular complexity index is 1110. The van der Waals surface area contributed by atoms with Crippen LogP contribution >= 0.6 is 0 Å². The molecule has 7 heteroatoms. The van der Waals surface area contributed by atoms with Crippen molar-refractivity contribution < 1.29 is 9.18 Å². The van der Waals surface area contributed by atoms with Crippen LogP contribution in [-0.2, 0) is 19.5 Å². The number of hydrogen-bond acceptors (Lipinski definition) is 4. The number of carbonyl (C=O) groups is 1. The van der Waals surface area contributed by atoms with E-state index in [0.29, 0.717) is 35.0 Å². The highest BCUT2D eigenvalue weighted by Gasteiger charge is 2.17. The molecule has 1 aliphatic rings. The number of benzene rings is 2. The van der Waals surface area contributed by atoms with Crippen molar-refractivity contribution in [3.05, 3.63) is 75.6 Å². The Morgan fingerprint density at radius 2 is 2.04 bits per heavy atom. The second-order valence-corrected chi connectivity index (χ2v) is 7.08. The first-order chi connectivity index (χ1) is 13.5. The number of nitrogens with zero attached hydrogens (tertiary/aromatic N) is 3. The average molecular weight is 380 g/mol. The molecule has 6 nitrogen and oxygen atoms in total. The normalized spacial score (nSPS) is 14.5. The van der Waals surface area contributed by atoms with Gasteiger partial charge in [0.2, 0.25) is 0 Å². The highest BCUT2D eigenvalue weighted by atomic mass is 19.1. The van der Waals surface area contributed by atoms with Gasteiger partial charge in [0.15, 0.2) is 0 Å². The quantitative estimate of drug-likeness (QED) is 0.754. The molecule has 2 aromatic carbocycles. The van der Waals surface area contributed by atoms with E-state index in [-0.39, 0.29) is 23.8 Å². The van der Waals surface area contributed by atoms with Crippen LogP contribution in [-0.4, -0.2) is 40.5 Å². The molecule has 0 bridgehead atoms. The molecule has 0 spiro atoms. The van der Waals surface area contributed by atoms with Crippen LogP contribution in [0.15, 0.2) is 47.3 Å². The average Bonchev–Trinajstić information content (AvgIpc) is 2.88. The summed E-state index contributed by atoms with van der Waals surface area (Å²) in [4.78, 5) is 32.1. The van der Waals surface area contributed by atoms with Gasteiger partial charge in [-0.15, -0.1) is 0 Å². The Labute approximate surface area is 161 Å². The van der Waals surface area contributed by atoms with Gasteiger partial charge in [0.25, 0.3) is 11.5 Å². The molecule has 0 aliphatic carbocycles. The van der Waals surface area contributed by atoms with Crippen molar-refractivity contribution in [2.75, 3.05) is 20.1 Å². The molecule has 0 saturated heterocycles. The SMILES string of the molecule is CN1CCc2nc3cc(C(=O)NCc4cccc(F)c4)ccc3c(=O)n2CC1. The molecule has 0 unspecified atom stereocenters. The van der Waals surface area contributed by atoms with Gasteiger partial charge in [-0.25, -0.2) is 9.37 Å². The van der Waals surface area contributed by atoms with Gasteiger partial charge in [-0.3, -0.25) is 14.2 Å². The standard InChI is InChI=1S/C21H21FN4O2/c1-25-8-7-19-24-18-12-15(5-6-17(18)21(28)26(19)10-9-25)20(27)23-13-14-3-2-4-16(22)11-14/h2-6,11-12H,7-10,13H2,1H3,(H,23,27). The molecular formula is C21H21FN4O2. The molecule has 0 radical (unpaired) electrons. The molecule has 0 saturated carbocycles. The number of likely N-dealkylation sites (N-methyl/N-ethyl adjacent to an activating group) is 1. The minimum absolute atomic E-state index is 0.0676. The van der Waals surface area contributed by atoms with Gasteiger partial charge in [-0.05, 0) is 42.9 Å². The van der Waals surface area contributed by atoms with Crippen LogP contribution in [0.4, 0.5) is 4.39 Å². The Kier molecular flexibility index (Phi) is 4.92. The van der Waals surface area contributed by atoms with Crippen LogP contribution in [0, 0.1) is 5.82 Å². The summed E-state index contributed by atoms with van der Waals surface area (Å²) in [5, 5.41) is 3.29. The number of aromatic nitrogens is 2. The van der Waals surface area contributed by atoms with E-state index < -0.39 is 0 Å². The zero-order valence-electron chi connectivity index (χ0n) is 15.6. The molecule has 1 aliphatic heterocycles. The first-order valence-electron chi connectivity index (χ1n) is 9.26. The number of nitrogens with one attached hydrogen (secondary N) is 1. The molecule has 1 aromatic heterocycles. The minimum atomic E-state index is -0.339. The first-order valence-corrected chi connectivity index (χ1v) is 9.26. The molecule has 1 N–H and O–H groups in total. The minimum Gasteiger partial charge on any atom is -0.348 e. The summed E-state index contributed by atoms with van der Waals surface area (Å²) < 4.78 is 15.0. The Morgan fingerprint density at radius 1 is 1.18 bits per heavy atom. The zero-order valence-corrected chi connectivity index (χ0v) is 15.6. The van der Waals surface area contributed by atoms with E-state index in [2.05, 4.69) is 15.2 Å². The molecule has 28 heavy (non-hydrogen) atoms.